The Hall–Kier alpha value is -0.940. The van der Waals surface area contributed by atoms with Crippen molar-refractivity contribution in [3.63, 3.8) is 0 Å². The van der Waals surface area contributed by atoms with Crippen LogP contribution in [0.15, 0.2) is 47.6 Å². The average Bonchev–Trinajstić information content (AvgIpc) is 3.34. The highest BCUT2D eigenvalue weighted by molar-refractivity contribution is 7.98. The van der Waals surface area contributed by atoms with Crippen LogP contribution in [0.4, 0.5) is 0 Å². The number of pyridine rings is 1. The maximum atomic E-state index is 5.90. The molecule has 1 fully saturated rings. The monoisotopic (exact) mass is 372 g/mol. The third kappa shape index (κ3) is 5.01. The van der Waals surface area contributed by atoms with Gasteiger partial charge in [-0.1, -0.05) is 12.1 Å². The lowest BCUT2D eigenvalue weighted by molar-refractivity contribution is 0.259. The quantitative estimate of drug-likeness (QED) is 0.759. The lowest BCUT2D eigenvalue weighted by atomic mass is 10.1. The molecule has 0 bridgehead atoms. The first-order chi connectivity index (χ1) is 10.2. The van der Waals surface area contributed by atoms with E-state index in [1.54, 1.807) is 18.0 Å². The van der Waals surface area contributed by atoms with Crippen molar-refractivity contribution in [2.24, 2.45) is 0 Å². The number of hydrogen-bond acceptors (Lipinski definition) is 4. The van der Waals surface area contributed by atoms with Crippen LogP contribution in [0.3, 0.4) is 0 Å². The van der Waals surface area contributed by atoms with Crippen molar-refractivity contribution in [3.05, 3.63) is 42.7 Å². The SMILES string of the molecule is CNC1(COc2cncc(-c3ccc(SC)cc3)c2)CC1.Cl.Cl. The highest BCUT2D eigenvalue weighted by atomic mass is 35.5. The van der Waals surface area contributed by atoms with Crippen molar-refractivity contribution >= 4 is 36.6 Å². The summed E-state index contributed by atoms with van der Waals surface area (Å²) in [6, 6.07) is 10.6. The van der Waals surface area contributed by atoms with Crippen molar-refractivity contribution in [2.45, 2.75) is 23.3 Å². The third-order valence-corrected chi connectivity index (χ3v) is 4.78. The van der Waals surface area contributed by atoms with E-state index >= 15 is 0 Å². The maximum Gasteiger partial charge on any atom is 0.138 e. The van der Waals surface area contributed by atoms with Crippen LogP contribution in [0.25, 0.3) is 11.1 Å². The summed E-state index contributed by atoms with van der Waals surface area (Å²) in [5.41, 5.74) is 2.45. The number of benzene rings is 1. The normalized spacial score (nSPS) is 14.3. The van der Waals surface area contributed by atoms with E-state index in [0.29, 0.717) is 6.61 Å². The molecule has 6 heteroatoms. The van der Waals surface area contributed by atoms with Crippen molar-refractivity contribution < 1.29 is 4.74 Å². The number of hydrogen-bond donors (Lipinski definition) is 1. The van der Waals surface area contributed by atoms with E-state index in [4.69, 9.17) is 4.74 Å². The second-order valence-electron chi connectivity index (χ2n) is 5.46. The number of rotatable bonds is 6. The molecule has 2 aromatic rings. The molecule has 1 saturated carbocycles. The summed E-state index contributed by atoms with van der Waals surface area (Å²) >= 11 is 1.75. The lowest BCUT2D eigenvalue weighted by Gasteiger charge is -2.15. The number of nitrogens with one attached hydrogen (secondary N) is 1. The van der Waals surface area contributed by atoms with Gasteiger partial charge in [-0.25, -0.2) is 0 Å². The molecule has 0 saturated heterocycles. The van der Waals surface area contributed by atoms with Gasteiger partial charge in [-0.3, -0.25) is 4.98 Å². The predicted octanol–water partition coefficient (Wildman–Crippen LogP) is 4.44. The van der Waals surface area contributed by atoms with Crippen LogP contribution in [0.5, 0.6) is 5.75 Å². The Kier molecular flexibility index (Phi) is 7.68. The molecule has 1 N–H and O–H groups in total. The minimum atomic E-state index is 0. The predicted molar refractivity (Wildman–Crippen MR) is 102 cm³/mol. The van der Waals surface area contributed by atoms with Gasteiger partial charge in [0.05, 0.1) is 11.7 Å². The molecule has 1 heterocycles. The van der Waals surface area contributed by atoms with Gasteiger partial charge in [-0.2, -0.15) is 0 Å². The Morgan fingerprint density at radius 1 is 1.13 bits per heavy atom. The second kappa shape index (κ2) is 8.78. The summed E-state index contributed by atoms with van der Waals surface area (Å²) in [5, 5.41) is 3.33. The number of thioether (sulfide) groups is 1. The van der Waals surface area contributed by atoms with Crippen LogP contribution in [-0.2, 0) is 0 Å². The van der Waals surface area contributed by atoms with Gasteiger partial charge >= 0.3 is 0 Å². The Balaban J connectivity index is 0.00000132. The summed E-state index contributed by atoms with van der Waals surface area (Å²) in [4.78, 5) is 5.57. The number of likely N-dealkylation sites (N-methyl/N-ethyl adjacent to an activating group) is 1. The molecule has 0 atom stereocenters. The van der Waals surface area contributed by atoms with Crippen LogP contribution in [0.1, 0.15) is 12.8 Å². The van der Waals surface area contributed by atoms with Crippen LogP contribution in [0.2, 0.25) is 0 Å². The number of nitrogens with zero attached hydrogens (tertiary/aromatic N) is 1. The van der Waals surface area contributed by atoms with Crippen LogP contribution in [-0.4, -0.2) is 30.4 Å². The molecule has 0 unspecified atom stereocenters. The van der Waals surface area contributed by atoms with Gasteiger partial charge in [0.25, 0.3) is 0 Å². The van der Waals surface area contributed by atoms with Gasteiger partial charge in [0.15, 0.2) is 0 Å². The van der Waals surface area contributed by atoms with E-state index in [2.05, 4.69) is 46.9 Å². The van der Waals surface area contributed by atoms with Crippen LogP contribution in [0, 0.1) is 0 Å². The summed E-state index contributed by atoms with van der Waals surface area (Å²) in [6.07, 6.45) is 8.12. The van der Waals surface area contributed by atoms with Gasteiger partial charge in [0.1, 0.15) is 12.4 Å². The van der Waals surface area contributed by atoms with E-state index in [-0.39, 0.29) is 30.4 Å². The molecule has 0 radical (unpaired) electrons. The van der Waals surface area contributed by atoms with Gasteiger partial charge in [0, 0.05) is 16.7 Å². The fourth-order valence-corrected chi connectivity index (χ4v) is 2.69. The third-order valence-electron chi connectivity index (χ3n) is 4.04. The Morgan fingerprint density at radius 2 is 1.83 bits per heavy atom. The fraction of sp³-hybridized carbons (Fsp3) is 0.353. The summed E-state index contributed by atoms with van der Waals surface area (Å²) < 4.78 is 5.90. The smallest absolute Gasteiger partial charge is 0.138 e. The zero-order valence-electron chi connectivity index (χ0n) is 13.2. The molecule has 1 aromatic heterocycles. The largest absolute Gasteiger partial charge is 0.490 e. The van der Waals surface area contributed by atoms with E-state index < -0.39 is 0 Å². The summed E-state index contributed by atoms with van der Waals surface area (Å²) in [5.74, 6) is 0.836. The van der Waals surface area contributed by atoms with Gasteiger partial charge in [-0.05, 0) is 49.9 Å². The summed E-state index contributed by atoms with van der Waals surface area (Å²) in [7, 11) is 2.00. The van der Waals surface area contributed by atoms with Gasteiger partial charge in [-0.15, -0.1) is 36.6 Å². The average molecular weight is 373 g/mol. The topological polar surface area (TPSA) is 34.1 Å². The molecule has 3 rings (SSSR count). The molecule has 1 aromatic carbocycles. The minimum absolute atomic E-state index is 0. The van der Waals surface area contributed by atoms with Gasteiger partial charge in [0.2, 0.25) is 0 Å². The molecule has 1 aliphatic rings. The molecular weight excluding hydrogens is 351 g/mol. The van der Waals surface area contributed by atoms with Crippen molar-refractivity contribution in [1.29, 1.82) is 0 Å². The molecule has 23 heavy (non-hydrogen) atoms. The maximum absolute atomic E-state index is 5.90. The number of halogens is 2. The first-order valence-electron chi connectivity index (χ1n) is 7.16. The van der Waals surface area contributed by atoms with E-state index in [0.717, 1.165) is 11.3 Å². The van der Waals surface area contributed by atoms with Gasteiger partial charge < -0.3 is 10.1 Å². The zero-order valence-corrected chi connectivity index (χ0v) is 15.7. The molecule has 126 valence electrons. The Morgan fingerprint density at radius 3 is 2.39 bits per heavy atom. The molecule has 3 nitrogen and oxygen atoms in total. The van der Waals surface area contributed by atoms with E-state index in [1.165, 1.54) is 23.3 Å². The molecule has 0 aliphatic heterocycles. The Labute approximate surface area is 154 Å². The van der Waals surface area contributed by atoms with Crippen molar-refractivity contribution in [1.82, 2.24) is 10.3 Å². The minimum Gasteiger partial charge on any atom is -0.490 e. The first-order valence-corrected chi connectivity index (χ1v) is 8.38. The van der Waals surface area contributed by atoms with E-state index in [9.17, 15) is 0 Å². The summed E-state index contributed by atoms with van der Waals surface area (Å²) in [6.45, 7) is 0.708. The Bertz CT molecular complexity index is 618. The zero-order chi connectivity index (χ0) is 14.7. The molecule has 1 aliphatic carbocycles. The van der Waals surface area contributed by atoms with Crippen molar-refractivity contribution in [3.8, 4) is 16.9 Å². The second-order valence-corrected chi connectivity index (χ2v) is 6.34. The molecule has 0 spiro atoms. The first kappa shape index (κ1) is 20.1. The number of aromatic nitrogens is 1. The molecule has 0 amide bonds. The highest BCUT2D eigenvalue weighted by Crippen LogP contribution is 2.35. The van der Waals surface area contributed by atoms with Crippen LogP contribution < -0.4 is 10.1 Å². The van der Waals surface area contributed by atoms with Crippen LogP contribution >= 0.6 is 36.6 Å². The van der Waals surface area contributed by atoms with E-state index in [1.807, 2.05) is 13.2 Å². The standard InChI is InChI=1S/C17H20N2OS.2ClH/c1-18-17(7-8-17)12-20-15-9-14(10-19-11-15)13-3-5-16(21-2)6-4-13;;/h3-6,9-11,18H,7-8,12H2,1-2H3;2*1H. The van der Waals surface area contributed by atoms with Crippen molar-refractivity contribution in [2.75, 3.05) is 19.9 Å². The molecular formula is C17H22Cl2N2OS. The highest BCUT2D eigenvalue weighted by Gasteiger charge is 2.41. The lowest BCUT2D eigenvalue weighted by Crippen LogP contribution is -2.33. The fourth-order valence-electron chi connectivity index (χ4n) is 2.28. The number of ether oxygens (including phenoxy) is 1.